The predicted molar refractivity (Wildman–Crippen MR) is 203 cm³/mol. The van der Waals surface area contributed by atoms with Gasteiger partial charge in [-0.3, -0.25) is 0 Å². The van der Waals surface area contributed by atoms with Crippen molar-refractivity contribution in [1.82, 2.24) is 9.13 Å². The lowest BCUT2D eigenvalue weighted by molar-refractivity contribution is 1.18. The first-order valence-corrected chi connectivity index (χ1v) is 16.2. The molecule has 0 amide bonds. The van der Waals surface area contributed by atoms with E-state index in [1.807, 2.05) is 84.9 Å². The number of rotatable bonds is 4. The van der Waals surface area contributed by atoms with Crippen molar-refractivity contribution in [2.45, 2.75) is 0 Å². The molecular formula is C45H25N5. The lowest BCUT2D eigenvalue weighted by Gasteiger charge is -2.18. The van der Waals surface area contributed by atoms with Gasteiger partial charge in [-0.2, -0.15) is 5.26 Å². The maximum absolute atomic E-state index is 9.64. The average Bonchev–Trinajstić information content (AvgIpc) is 3.69. The van der Waals surface area contributed by atoms with E-state index in [4.69, 9.17) is 13.1 Å². The van der Waals surface area contributed by atoms with Gasteiger partial charge in [0.1, 0.15) is 0 Å². The highest BCUT2D eigenvalue weighted by Gasteiger charge is 2.20. The Kier molecular flexibility index (Phi) is 6.56. The first-order chi connectivity index (χ1) is 24.7. The van der Waals surface area contributed by atoms with Crippen molar-refractivity contribution in [3.05, 3.63) is 180 Å². The second kappa shape index (κ2) is 11.4. The highest BCUT2D eigenvalue weighted by atomic mass is 15.0. The van der Waals surface area contributed by atoms with E-state index in [1.165, 1.54) is 0 Å². The standard InChI is InChI=1S/C45H25N5/c1-47-30-20-24-45-39(26-30)36-15-7-10-18-43(36)50(45)42-17-9-5-13-34(42)32-11-3-4-12-33(32)37-27-31(21-22-40(37)48-2)49-41-16-8-6-14-35(41)38-25-29(28-46)19-23-44(38)49/h3-27H. The van der Waals surface area contributed by atoms with E-state index in [0.717, 1.165) is 77.2 Å². The molecule has 0 saturated carbocycles. The number of hydrogen-bond donors (Lipinski definition) is 0. The predicted octanol–water partition coefficient (Wildman–Crippen LogP) is 12.2. The van der Waals surface area contributed by atoms with Gasteiger partial charge in [-0.25, -0.2) is 9.69 Å². The molecular weight excluding hydrogens is 611 g/mol. The molecule has 7 aromatic carbocycles. The second-order valence-corrected chi connectivity index (χ2v) is 12.2. The largest absolute Gasteiger partial charge is 0.309 e. The number of para-hydroxylation sites is 3. The van der Waals surface area contributed by atoms with Crippen LogP contribution in [0, 0.1) is 24.5 Å². The number of fused-ring (bicyclic) bond motifs is 6. The van der Waals surface area contributed by atoms with Crippen molar-refractivity contribution < 1.29 is 0 Å². The van der Waals surface area contributed by atoms with Crippen LogP contribution in [0.3, 0.4) is 0 Å². The van der Waals surface area contributed by atoms with Gasteiger partial charge >= 0.3 is 0 Å². The molecule has 0 fully saturated rings. The minimum absolute atomic E-state index is 0.565. The fourth-order valence-electron chi connectivity index (χ4n) is 7.44. The quantitative estimate of drug-likeness (QED) is 0.177. The van der Waals surface area contributed by atoms with Gasteiger partial charge < -0.3 is 9.13 Å². The summed E-state index contributed by atoms with van der Waals surface area (Å²) in [6.07, 6.45) is 0. The molecule has 0 bridgehead atoms. The fraction of sp³-hybridized carbons (Fsp3) is 0. The molecule has 230 valence electrons. The summed E-state index contributed by atoms with van der Waals surface area (Å²) in [5.41, 5.74) is 11.7. The Morgan fingerprint density at radius 2 is 1.04 bits per heavy atom. The molecule has 0 aliphatic carbocycles. The molecule has 0 N–H and O–H groups in total. The van der Waals surface area contributed by atoms with Gasteiger partial charge in [-0.1, -0.05) is 91.0 Å². The summed E-state index contributed by atoms with van der Waals surface area (Å²) < 4.78 is 4.50. The van der Waals surface area contributed by atoms with Gasteiger partial charge in [-0.05, 0) is 82.7 Å². The summed E-state index contributed by atoms with van der Waals surface area (Å²) in [6.45, 7) is 15.8. The van der Waals surface area contributed by atoms with E-state index >= 15 is 0 Å². The van der Waals surface area contributed by atoms with E-state index in [9.17, 15) is 5.26 Å². The van der Waals surface area contributed by atoms with Gasteiger partial charge in [0, 0.05) is 27.4 Å². The highest BCUT2D eigenvalue weighted by Crippen LogP contribution is 2.43. The fourth-order valence-corrected chi connectivity index (χ4v) is 7.44. The number of benzene rings is 7. The molecule has 0 aliphatic heterocycles. The Morgan fingerprint density at radius 1 is 0.460 bits per heavy atom. The number of nitrogens with zero attached hydrogens (tertiary/aromatic N) is 5. The van der Waals surface area contributed by atoms with Gasteiger partial charge in [0.05, 0.1) is 52.5 Å². The third-order valence-corrected chi connectivity index (χ3v) is 9.60. The van der Waals surface area contributed by atoms with Crippen LogP contribution in [0.5, 0.6) is 0 Å². The summed E-state index contributed by atoms with van der Waals surface area (Å²) in [6, 6.07) is 53.3. The molecule has 5 nitrogen and oxygen atoms in total. The summed E-state index contributed by atoms with van der Waals surface area (Å²) in [5, 5.41) is 13.8. The normalized spacial score (nSPS) is 11.1. The number of aromatic nitrogens is 2. The monoisotopic (exact) mass is 635 g/mol. The lowest BCUT2D eigenvalue weighted by atomic mass is 9.92. The smallest absolute Gasteiger partial charge is 0.195 e. The lowest BCUT2D eigenvalue weighted by Crippen LogP contribution is -1.98. The van der Waals surface area contributed by atoms with Crippen molar-refractivity contribution >= 4 is 55.0 Å². The van der Waals surface area contributed by atoms with Gasteiger partial charge in [-0.15, -0.1) is 0 Å². The van der Waals surface area contributed by atoms with Crippen LogP contribution in [0.2, 0.25) is 0 Å². The van der Waals surface area contributed by atoms with Gasteiger partial charge in [0.25, 0.3) is 0 Å². The van der Waals surface area contributed by atoms with E-state index in [-0.39, 0.29) is 0 Å². The zero-order valence-electron chi connectivity index (χ0n) is 26.7. The van der Waals surface area contributed by atoms with Crippen molar-refractivity contribution in [3.8, 4) is 39.7 Å². The van der Waals surface area contributed by atoms with Gasteiger partial charge in [0.15, 0.2) is 11.4 Å². The molecule has 0 spiro atoms. The summed E-state index contributed by atoms with van der Waals surface area (Å²) in [5.74, 6) is 0. The Labute approximate surface area is 288 Å². The summed E-state index contributed by atoms with van der Waals surface area (Å²) in [7, 11) is 0. The molecule has 9 rings (SSSR count). The van der Waals surface area contributed by atoms with Crippen molar-refractivity contribution in [2.75, 3.05) is 0 Å². The second-order valence-electron chi connectivity index (χ2n) is 12.2. The molecule has 2 aromatic heterocycles. The van der Waals surface area contributed by atoms with Crippen LogP contribution in [0.4, 0.5) is 11.4 Å². The molecule has 9 aromatic rings. The molecule has 0 radical (unpaired) electrons. The van der Waals surface area contributed by atoms with Crippen LogP contribution >= 0.6 is 0 Å². The third-order valence-electron chi connectivity index (χ3n) is 9.60. The number of hydrogen-bond acceptors (Lipinski definition) is 1. The van der Waals surface area contributed by atoms with Crippen molar-refractivity contribution in [3.63, 3.8) is 0 Å². The van der Waals surface area contributed by atoms with Gasteiger partial charge in [0.2, 0.25) is 0 Å². The third kappa shape index (κ3) is 4.31. The Morgan fingerprint density at radius 3 is 1.76 bits per heavy atom. The van der Waals surface area contributed by atoms with Crippen LogP contribution in [0.25, 0.3) is 86.9 Å². The average molecular weight is 636 g/mol. The first kappa shape index (κ1) is 28.8. The van der Waals surface area contributed by atoms with E-state index in [0.29, 0.717) is 16.9 Å². The van der Waals surface area contributed by atoms with Crippen LogP contribution in [-0.4, -0.2) is 9.13 Å². The van der Waals surface area contributed by atoms with Crippen LogP contribution in [0.15, 0.2) is 152 Å². The summed E-state index contributed by atoms with van der Waals surface area (Å²) in [4.78, 5) is 7.70. The molecule has 2 heterocycles. The minimum Gasteiger partial charge on any atom is -0.309 e. The van der Waals surface area contributed by atoms with Crippen molar-refractivity contribution in [2.24, 2.45) is 0 Å². The van der Waals surface area contributed by atoms with Crippen molar-refractivity contribution in [1.29, 1.82) is 5.26 Å². The first-order valence-electron chi connectivity index (χ1n) is 16.2. The molecule has 0 aliphatic rings. The Hall–Kier alpha value is -7.39. The van der Waals surface area contributed by atoms with Crippen LogP contribution in [0.1, 0.15) is 5.56 Å². The van der Waals surface area contributed by atoms with E-state index in [1.54, 1.807) is 0 Å². The summed E-state index contributed by atoms with van der Waals surface area (Å²) >= 11 is 0. The molecule has 5 heteroatoms. The molecule has 50 heavy (non-hydrogen) atoms. The van der Waals surface area contributed by atoms with E-state index in [2.05, 4.69) is 91.6 Å². The maximum atomic E-state index is 9.64. The zero-order valence-corrected chi connectivity index (χ0v) is 26.7. The Bertz CT molecular complexity index is 2970. The van der Waals surface area contributed by atoms with Crippen LogP contribution < -0.4 is 0 Å². The maximum Gasteiger partial charge on any atom is 0.195 e. The highest BCUT2D eigenvalue weighted by molar-refractivity contribution is 6.12. The molecule has 0 unspecified atom stereocenters. The topological polar surface area (TPSA) is 42.4 Å². The minimum atomic E-state index is 0.565. The zero-order chi connectivity index (χ0) is 33.8. The molecule has 0 saturated heterocycles. The van der Waals surface area contributed by atoms with E-state index < -0.39 is 0 Å². The number of nitriles is 1. The van der Waals surface area contributed by atoms with Crippen LogP contribution in [-0.2, 0) is 0 Å². The SMILES string of the molecule is [C-]#[N+]c1ccc2c(c1)c1ccccc1n2-c1ccccc1-c1ccccc1-c1cc(-n2c3ccccc3c3cc(C#N)ccc32)ccc1[N+]#[C-]. The molecule has 0 atom stereocenters. The Balaban J connectivity index is 1.29.